The minimum atomic E-state index is -0.104. The fraction of sp³-hybridized carbons (Fsp3) is 0.211. The summed E-state index contributed by atoms with van der Waals surface area (Å²) in [7, 11) is 1.81. The number of hydrogen-bond donors (Lipinski definition) is 2. The second-order valence-electron chi connectivity index (χ2n) is 6.13. The van der Waals surface area contributed by atoms with E-state index in [1.54, 1.807) is 29.8 Å². The van der Waals surface area contributed by atoms with Gasteiger partial charge in [0.1, 0.15) is 5.75 Å². The van der Waals surface area contributed by atoms with Gasteiger partial charge in [-0.15, -0.1) is 10.2 Å². The molecular weight excluding hydrogens is 428 g/mol. The maximum atomic E-state index is 12.3. The summed E-state index contributed by atoms with van der Waals surface area (Å²) >= 11 is 4.69. The first-order valence-electron chi connectivity index (χ1n) is 8.24. The zero-order valence-corrected chi connectivity index (χ0v) is 17.6. The summed E-state index contributed by atoms with van der Waals surface area (Å²) < 4.78 is 2.60. The topological polar surface area (TPSA) is 80.0 Å². The highest BCUT2D eigenvalue weighted by Gasteiger charge is 2.16. The lowest BCUT2D eigenvalue weighted by Crippen LogP contribution is -2.16. The van der Waals surface area contributed by atoms with Crippen molar-refractivity contribution in [3.8, 4) is 17.1 Å². The van der Waals surface area contributed by atoms with E-state index in [-0.39, 0.29) is 17.4 Å². The molecule has 0 aliphatic heterocycles. The Hall–Kier alpha value is -2.32. The highest BCUT2D eigenvalue weighted by Crippen LogP contribution is 2.32. The van der Waals surface area contributed by atoms with Crippen molar-refractivity contribution in [3.05, 3.63) is 52.0 Å². The number of halogens is 1. The molecule has 0 atom stereocenters. The third-order valence-electron chi connectivity index (χ3n) is 4.11. The zero-order valence-electron chi connectivity index (χ0n) is 15.2. The summed E-state index contributed by atoms with van der Waals surface area (Å²) in [6.45, 7) is 3.93. The van der Waals surface area contributed by atoms with Gasteiger partial charge in [-0.2, -0.15) is 0 Å². The highest BCUT2D eigenvalue weighted by molar-refractivity contribution is 9.10. The first kappa shape index (κ1) is 19.4. The number of nitrogens with one attached hydrogen (secondary N) is 1. The molecule has 27 heavy (non-hydrogen) atoms. The summed E-state index contributed by atoms with van der Waals surface area (Å²) in [6.07, 6.45) is 0. The summed E-state index contributed by atoms with van der Waals surface area (Å²) in [5, 5.41) is 21.9. The molecule has 6 nitrogen and oxygen atoms in total. The van der Waals surface area contributed by atoms with Crippen LogP contribution in [0.25, 0.3) is 11.4 Å². The van der Waals surface area contributed by atoms with Gasteiger partial charge >= 0.3 is 0 Å². The van der Waals surface area contributed by atoms with Gasteiger partial charge in [0.2, 0.25) is 5.91 Å². The van der Waals surface area contributed by atoms with Gasteiger partial charge in [-0.1, -0.05) is 45.9 Å². The van der Waals surface area contributed by atoms with Crippen LogP contribution in [0.1, 0.15) is 11.1 Å². The maximum Gasteiger partial charge on any atom is 0.234 e. The van der Waals surface area contributed by atoms with Gasteiger partial charge < -0.3 is 15.0 Å². The van der Waals surface area contributed by atoms with E-state index in [9.17, 15) is 9.90 Å². The van der Waals surface area contributed by atoms with E-state index in [1.807, 2.05) is 32.0 Å². The molecule has 0 unspecified atom stereocenters. The van der Waals surface area contributed by atoms with Crippen molar-refractivity contribution in [1.82, 2.24) is 14.8 Å². The van der Waals surface area contributed by atoms with Crippen LogP contribution in [0, 0.1) is 13.8 Å². The van der Waals surface area contributed by atoms with Gasteiger partial charge in [0.25, 0.3) is 0 Å². The number of thioether (sulfide) groups is 1. The van der Waals surface area contributed by atoms with Crippen LogP contribution in [0.3, 0.4) is 0 Å². The number of aromatic nitrogens is 3. The van der Waals surface area contributed by atoms with Crippen LogP contribution < -0.4 is 5.32 Å². The van der Waals surface area contributed by atoms with Crippen LogP contribution in [-0.2, 0) is 11.8 Å². The predicted octanol–water partition coefficient (Wildman–Crippen LogP) is 4.30. The number of amides is 1. The van der Waals surface area contributed by atoms with Crippen molar-refractivity contribution in [3.63, 3.8) is 0 Å². The molecule has 0 radical (unpaired) electrons. The van der Waals surface area contributed by atoms with Crippen molar-refractivity contribution in [2.75, 3.05) is 11.1 Å². The monoisotopic (exact) mass is 446 g/mol. The number of carbonyl (C=O) groups is 1. The lowest BCUT2D eigenvalue weighted by molar-refractivity contribution is -0.113. The molecule has 8 heteroatoms. The Morgan fingerprint density at radius 3 is 2.63 bits per heavy atom. The number of aromatic hydroxyl groups is 1. The van der Waals surface area contributed by atoms with Gasteiger partial charge in [-0.25, -0.2) is 0 Å². The molecule has 0 aliphatic carbocycles. The van der Waals surface area contributed by atoms with Crippen molar-refractivity contribution >= 4 is 39.3 Å². The Labute approximate surface area is 170 Å². The number of benzene rings is 2. The molecular formula is C19H19BrN4O2S. The van der Waals surface area contributed by atoms with E-state index in [1.165, 1.54) is 11.8 Å². The molecule has 0 fully saturated rings. The molecule has 3 rings (SSSR count). The number of aryl methyl sites for hydroxylation is 2. The Kier molecular flexibility index (Phi) is 5.86. The summed E-state index contributed by atoms with van der Waals surface area (Å²) in [5.41, 5.74) is 3.48. The van der Waals surface area contributed by atoms with Crippen molar-refractivity contribution in [2.24, 2.45) is 7.05 Å². The predicted molar refractivity (Wildman–Crippen MR) is 111 cm³/mol. The average Bonchev–Trinajstić information content (AvgIpc) is 2.99. The van der Waals surface area contributed by atoms with E-state index in [4.69, 9.17) is 0 Å². The smallest absolute Gasteiger partial charge is 0.234 e. The molecule has 1 aromatic heterocycles. The van der Waals surface area contributed by atoms with Crippen LogP contribution in [0.4, 0.5) is 5.69 Å². The van der Waals surface area contributed by atoms with Crippen molar-refractivity contribution < 1.29 is 9.90 Å². The van der Waals surface area contributed by atoms with E-state index >= 15 is 0 Å². The fourth-order valence-electron chi connectivity index (χ4n) is 2.68. The van der Waals surface area contributed by atoms with Crippen LogP contribution in [-0.4, -0.2) is 31.5 Å². The third-order valence-corrected chi connectivity index (χ3v) is 5.63. The Morgan fingerprint density at radius 2 is 1.93 bits per heavy atom. The molecule has 2 aromatic carbocycles. The summed E-state index contributed by atoms with van der Waals surface area (Å²) in [5.74, 6) is 0.765. The molecule has 1 amide bonds. The number of carbonyl (C=O) groups excluding carboxylic acids is 1. The highest BCUT2D eigenvalue weighted by atomic mass is 79.9. The minimum Gasteiger partial charge on any atom is -0.507 e. The molecule has 0 saturated heterocycles. The van der Waals surface area contributed by atoms with E-state index in [2.05, 4.69) is 31.4 Å². The number of phenols is 1. The molecule has 140 valence electrons. The van der Waals surface area contributed by atoms with Gasteiger partial charge in [-0.3, -0.25) is 4.79 Å². The first-order chi connectivity index (χ1) is 12.9. The van der Waals surface area contributed by atoms with Crippen LogP contribution in [0.5, 0.6) is 5.75 Å². The Bertz CT molecular complexity index is 983. The fourth-order valence-corrected chi connectivity index (χ4v) is 3.75. The zero-order chi connectivity index (χ0) is 19.6. The van der Waals surface area contributed by atoms with E-state index in [0.717, 1.165) is 21.3 Å². The van der Waals surface area contributed by atoms with Crippen molar-refractivity contribution in [1.29, 1.82) is 0 Å². The molecule has 0 aliphatic rings. The summed E-state index contributed by atoms with van der Waals surface area (Å²) in [4.78, 5) is 12.3. The van der Waals surface area contributed by atoms with Gasteiger partial charge in [0.15, 0.2) is 11.0 Å². The lowest BCUT2D eigenvalue weighted by Gasteiger charge is -2.11. The first-order valence-corrected chi connectivity index (χ1v) is 10.0. The molecule has 0 spiro atoms. The normalized spacial score (nSPS) is 10.8. The number of phenolic OH excluding ortho intramolecular Hbond substituents is 1. The quantitative estimate of drug-likeness (QED) is 0.571. The van der Waals surface area contributed by atoms with Gasteiger partial charge in [0.05, 0.1) is 11.3 Å². The SMILES string of the molecule is Cc1cccc(C)c1NC(=O)CSc1nnc(-c2cc(Br)ccc2O)n1C. The standard InChI is InChI=1S/C19H19BrN4O2S/c1-11-5-4-6-12(2)17(11)21-16(26)10-27-19-23-22-18(24(19)3)14-9-13(20)7-8-15(14)25/h4-9,25H,10H2,1-3H3,(H,21,26). The molecule has 0 saturated carbocycles. The largest absolute Gasteiger partial charge is 0.507 e. The minimum absolute atomic E-state index is 0.104. The maximum absolute atomic E-state index is 12.3. The number of anilines is 1. The van der Waals surface area contributed by atoms with E-state index < -0.39 is 0 Å². The molecule has 3 aromatic rings. The van der Waals surface area contributed by atoms with Crippen molar-refractivity contribution in [2.45, 2.75) is 19.0 Å². The third kappa shape index (κ3) is 4.33. The molecule has 2 N–H and O–H groups in total. The number of para-hydroxylation sites is 1. The van der Waals surface area contributed by atoms with Crippen LogP contribution >= 0.6 is 27.7 Å². The molecule has 1 heterocycles. The lowest BCUT2D eigenvalue weighted by atomic mass is 10.1. The number of hydrogen-bond acceptors (Lipinski definition) is 5. The van der Waals surface area contributed by atoms with Gasteiger partial charge in [0, 0.05) is 17.2 Å². The van der Waals surface area contributed by atoms with Gasteiger partial charge in [-0.05, 0) is 43.2 Å². The van der Waals surface area contributed by atoms with Crippen LogP contribution in [0.15, 0.2) is 46.0 Å². The second kappa shape index (κ2) is 8.14. The Morgan fingerprint density at radius 1 is 1.22 bits per heavy atom. The summed E-state index contributed by atoms with van der Waals surface area (Å²) in [6, 6.07) is 11.0. The van der Waals surface area contributed by atoms with Crippen LogP contribution in [0.2, 0.25) is 0 Å². The average molecular weight is 447 g/mol. The Balaban J connectivity index is 1.71. The second-order valence-corrected chi connectivity index (χ2v) is 7.99. The molecule has 0 bridgehead atoms. The number of rotatable bonds is 5. The van der Waals surface area contributed by atoms with E-state index in [0.29, 0.717) is 16.5 Å². The number of nitrogens with zero attached hydrogens (tertiary/aromatic N) is 3.